The van der Waals surface area contributed by atoms with E-state index in [2.05, 4.69) is 69.3 Å². The van der Waals surface area contributed by atoms with Crippen molar-refractivity contribution >= 4 is 30.6 Å². The monoisotopic (exact) mass is 530 g/mol. The summed E-state index contributed by atoms with van der Waals surface area (Å²) in [4.78, 5) is 25.8. The molecule has 0 aromatic heterocycles. The van der Waals surface area contributed by atoms with Crippen LogP contribution in [0.25, 0.3) is 0 Å². The van der Waals surface area contributed by atoms with Gasteiger partial charge in [0.15, 0.2) is 0 Å². The number of carbonyl (C=O) groups is 2. The Bertz CT molecular complexity index is 1170. The number of ether oxygens (including phenoxy) is 2. The van der Waals surface area contributed by atoms with Crippen LogP contribution in [0.3, 0.4) is 0 Å². The van der Waals surface area contributed by atoms with Crippen LogP contribution in [0.5, 0.6) is 0 Å². The van der Waals surface area contributed by atoms with Gasteiger partial charge in [-0.1, -0.05) is 99.6 Å². The molecule has 0 saturated heterocycles. The van der Waals surface area contributed by atoms with Crippen molar-refractivity contribution in [2.75, 3.05) is 13.7 Å². The van der Waals surface area contributed by atoms with E-state index in [1.54, 1.807) is 12.1 Å². The van der Waals surface area contributed by atoms with E-state index < -0.39 is 19.9 Å². The second-order valence-electron chi connectivity index (χ2n) is 11.1. The minimum atomic E-state index is -2.79. The predicted molar refractivity (Wildman–Crippen MR) is 152 cm³/mol. The van der Waals surface area contributed by atoms with Gasteiger partial charge < -0.3 is 13.9 Å². The number of rotatable bonds is 9. The second kappa shape index (κ2) is 11.7. The Morgan fingerprint density at radius 1 is 0.868 bits per heavy atom. The van der Waals surface area contributed by atoms with Crippen LogP contribution in [0.4, 0.5) is 0 Å². The molecule has 0 N–H and O–H groups in total. The number of hydrogen-bond donors (Lipinski definition) is 0. The maximum Gasteiger partial charge on any atom is 0.338 e. The largest absolute Gasteiger partial charge is 0.469 e. The topological polar surface area (TPSA) is 61.8 Å². The number of esters is 2. The van der Waals surface area contributed by atoms with Crippen molar-refractivity contribution in [3.05, 3.63) is 96.6 Å². The summed E-state index contributed by atoms with van der Waals surface area (Å²) < 4.78 is 18.5. The zero-order valence-corrected chi connectivity index (χ0v) is 23.8. The molecule has 5 nitrogen and oxygen atoms in total. The Balaban J connectivity index is 1.72. The van der Waals surface area contributed by atoms with Crippen molar-refractivity contribution in [3.63, 3.8) is 0 Å². The van der Waals surface area contributed by atoms with E-state index in [1.807, 2.05) is 30.3 Å². The van der Waals surface area contributed by atoms with Crippen molar-refractivity contribution in [2.45, 2.75) is 57.1 Å². The Morgan fingerprint density at radius 2 is 1.39 bits per heavy atom. The SMILES string of the molecule is COC(=O)C[C@]1(OC(=O)c2ccccc2)CCC[C@H]1CO[Si](c1ccccc1)(c1ccccc1)C(C)(C)C. The summed E-state index contributed by atoms with van der Waals surface area (Å²) in [5.41, 5.74) is -0.513. The zero-order valence-electron chi connectivity index (χ0n) is 22.8. The highest BCUT2D eigenvalue weighted by atomic mass is 28.4. The van der Waals surface area contributed by atoms with Crippen LogP contribution < -0.4 is 10.4 Å². The van der Waals surface area contributed by atoms with Gasteiger partial charge in [-0.2, -0.15) is 0 Å². The molecule has 0 radical (unpaired) electrons. The summed E-state index contributed by atoms with van der Waals surface area (Å²) in [6.45, 7) is 7.10. The summed E-state index contributed by atoms with van der Waals surface area (Å²) in [6.07, 6.45) is 2.25. The molecule has 0 amide bonds. The molecule has 1 fully saturated rings. The van der Waals surface area contributed by atoms with E-state index in [1.165, 1.54) is 17.5 Å². The molecular weight excluding hydrogens is 492 g/mol. The molecule has 1 aliphatic carbocycles. The summed E-state index contributed by atoms with van der Waals surface area (Å²) >= 11 is 0. The maximum atomic E-state index is 13.2. The summed E-state index contributed by atoms with van der Waals surface area (Å²) in [5.74, 6) is -0.953. The molecule has 4 rings (SSSR count). The summed E-state index contributed by atoms with van der Waals surface area (Å²) in [7, 11) is -1.42. The lowest BCUT2D eigenvalue weighted by Crippen LogP contribution is -2.67. The van der Waals surface area contributed by atoms with Gasteiger partial charge in [0.25, 0.3) is 8.32 Å². The van der Waals surface area contributed by atoms with Crippen LogP contribution in [0.2, 0.25) is 5.04 Å². The average molecular weight is 531 g/mol. The molecule has 0 heterocycles. The minimum Gasteiger partial charge on any atom is -0.469 e. The van der Waals surface area contributed by atoms with Crippen molar-refractivity contribution in [3.8, 4) is 0 Å². The molecule has 38 heavy (non-hydrogen) atoms. The Hall–Kier alpha value is -3.22. The van der Waals surface area contributed by atoms with E-state index >= 15 is 0 Å². The van der Waals surface area contributed by atoms with Crippen LogP contribution in [0.15, 0.2) is 91.0 Å². The van der Waals surface area contributed by atoms with Gasteiger partial charge in [0, 0.05) is 12.5 Å². The van der Waals surface area contributed by atoms with Gasteiger partial charge in [-0.25, -0.2) is 4.79 Å². The third kappa shape index (κ3) is 5.61. The maximum absolute atomic E-state index is 13.2. The first-order valence-electron chi connectivity index (χ1n) is 13.3. The lowest BCUT2D eigenvalue weighted by Gasteiger charge is -2.44. The quantitative estimate of drug-likeness (QED) is 0.269. The van der Waals surface area contributed by atoms with Crippen molar-refractivity contribution in [1.29, 1.82) is 0 Å². The fraction of sp³-hybridized carbons (Fsp3) is 0.375. The van der Waals surface area contributed by atoms with Crippen molar-refractivity contribution in [1.82, 2.24) is 0 Å². The van der Waals surface area contributed by atoms with Crippen molar-refractivity contribution in [2.24, 2.45) is 5.92 Å². The lowest BCUT2D eigenvalue weighted by molar-refractivity contribution is -0.148. The zero-order chi connectivity index (χ0) is 27.2. The highest BCUT2D eigenvalue weighted by Gasteiger charge is 2.53. The van der Waals surface area contributed by atoms with E-state index in [0.717, 1.165) is 12.8 Å². The molecule has 0 spiro atoms. The third-order valence-corrected chi connectivity index (χ3v) is 12.8. The molecule has 1 aliphatic rings. The minimum absolute atomic E-state index is 0.0108. The van der Waals surface area contributed by atoms with Crippen LogP contribution in [0.1, 0.15) is 56.8 Å². The molecule has 1 saturated carbocycles. The van der Waals surface area contributed by atoms with Gasteiger partial charge >= 0.3 is 11.9 Å². The molecule has 0 unspecified atom stereocenters. The standard InChI is InChI=1S/C32H38O5Si/c1-31(2,3)38(27-18-10-6-11-19-27,28-20-12-7-13-21-28)36-24-26-17-14-22-32(26,23-29(33)35-4)37-30(34)25-15-8-5-9-16-25/h5-13,15-16,18-21,26H,14,17,22-24H2,1-4H3/t26-,32+/m0/s1. The predicted octanol–water partition coefficient (Wildman–Crippen LogP) is 5.52. The van der Waals surface area contributed by atoms with Crippen molar-refractivity contribution < 1.29 is 23.5 Å². The molecule has 6 heteroatoms. The second-order valence-corrected chi connectivity index (χ2v) is 15.4. The normalized spacial score (nSPS) is 19.6. The van der Waals surface area contributed by atoms with Gasteiger partial charge in [-0.05, 0) is 46.8 Å². The van der Waals surface area contributed by atoms with Crippen LogP contribution in [-0.4, -0.2) is 39.6 Å². The van der Waals surface area contributed by atoms with Gasteiger partial charge in [-0.15, -0.1) is 0 Å². The van der Waals surface area contributed by atoms with Crippen LogP contribution in [-0.2, 0) is 18.7 Å². The number of hydrogen-bond acceptors (Lipinski definition) is 5. The summed E-state index contributed by atoms with van der Waals surface area (Å²) in [6, 6.07) is 29.9. The fourth-order valence-electron chi connectivity index (χ4n) is 5.87. The fourth-order valence-corrected chi connectivity index (χ4v) is 10.5. The third-order valence-electron chi connectivity index (χ3n) is 7.79. The molecule has 200 valence electrons. The van der Waals surface area contributed by atoms with Gasteiger partial charge in [-0.3, -0.25) is 4.79 Å². The molecule has 3 aromatic rings. The molecule has 0 bridgehead atoms. The molecule has 2 atom stereocenters. The first-order valence-corrected chi connectivity index (χ1v) is 15.2. The average Bonchev–Trinajstić information content (AvgIpc) is 3.31. The highest BCUT2D eigenvalue weighted by Crippen LogP contribution is 2.44. The van der Waals surface area contributed by atoms with Gasteiger partial charge in [0.05, 0.1) is 19.1 Å². The van der Waals surface area contributed by atoms with Gasteiger partial charge in [0.1, 0.15) is 5.60 Å². The number of benzene rings is 3. The Kier molecular flexibility index (Phi) is 8.53. The molecule has 3 aromatic carbocycles. The molecular formula is C32H38O5Si. The first kappa shape index (κ1) is 27.8. The van der Waals surface area contributed by atoms with Crippen LogP contribution >= 0.6 is 0 Å². The van der Waals surface area contributed by atoms with Gasteiger partial charge in [0.2, 0.25) is 0 Å². The van der Waals surface area contributed by atoms with E-state index in [-0.39, 0.29) is 23.3 Å². The number of methoxy groups -OCH3 is 1. The van der Waals surface area contributed by atoms with E-state index in [4.69, 9.17) is 13.9 Å². The van der Waals surface area contributed by atoms with E-state index in [0.29, 0.717) is 18.6 Å². The first-order chi connectivity index (χ1) is 18.2. The van der Waals surface area contributed by atoms with Crippen LogP contribution in [0, 0.1) is 5.92 Å². The smallest absolute Gasteiger partial charge is 0.338 e. The summed E-state index contributed by atoms with van der Waals surface area (Å²) in [5, 5.41) is 2.20. The lowest BCUT2D eigenvalue weighted by atomic mass is 9.87. The highest BCUT2D eigenvalue weighted by molar-refractivity contribution is 6.99. The van der Waals surface area contributed by atoms with E-state index in [9.17, 15) is 9.59 Å². The Labute approximate surface area is 227 Å². The Morgan fingerprint density at radius 3 is 1.89 bits per heavy atom. The number of carbonyl (C=O) groups excluding carboxylic acids is 2. The molecule has 0 aliphatic heterocycles.